The van der Waals surface area contributed by atoms with Crippen LogP contribution in [0, 0.1) is 20.8 Å². The molecule has 8 heteroatoms. The predicted octanol–water partition coefficient (Wildman–Crippen LogP) is 3.70. The normalized spacial score (nSPS) is 11.6. The minimum Gasteiger partial charge on any atom is -0.315 e. The van der Waals surface area contributed by atoms with Crippen molar-refractivity contribution in [3.8, 4) is 0 Å². The summed E-state index contributed by atoms with van der Waals surface area (Å²) in [5.74, 6) is 0.828. The Balaban J connectivity index is 1.80. The minimum absolute atomic E-state index is 0.828. The maximum atomic E-state index is 4.61. The highest BCUT2D eigenvalue weighted by Crippen LogP contribution is 2.34. The number of hydrogen-bond acceptors (Lipinski definition) is 7. The second-order valence-corrected chi connectivity index (χ2v) is 7.05. The lowest BCUT2D eigenvalue weighted by Crippen LogP contribution is -1.94. The van der Waals surface area contributed by atoms with Crippen molar-refractivity contribution in [3.05, 3.63) is 23.0 Å². The number of aromatic nitrogens is 5. The summed E-state index contributed by atoms with van der Waals surface area (Å²) in [5.41, 5.74) is 4.09. The van der Waals surface area contributed by atoms with E-state index in [1.807, 2.05) is 25.6 Å². The van der Waals surface area contributed by atoms with Crippen LogP contribution in [0.15, 0.2) is 6.07 Å². The molecule has 0 aliphatic rings. The van der Waals surface area contributed by atoms with Gasteiger partial charge in [0, 0.05) is 12.7 Å². The van der Waals surface area contributed by atoms with E-state index in [4.69, 9.17) is 0 Å². The molecule has 0 amide bonds. The van der Waals surface area contributed by atoms with Crippen LogP contribution < -0.4 is 5.32 Å². The summed E-state index contributed by atoms with van der Waals surface area (Å²) in [6, 6.07) is 2.08. The highest BCUT2D eigenvalue weighted by atomic mass is 32.1. The lowest BCUT2D eigenvalue weighted by molar-refractivity contribution is 0.774. The van der Waals surface area contributed by atoms with Crippen molar-refractivity contribution in [3.63, 3.8) is 0 Å². The first-order chi connectivity index (χ1) is 10.5. The van der Waals surface area contributed by atoms with Crippen LogP contribution in [-0.4, -0.2) is 24.1 Å². The number of thiazole rings is 1. The molecule has 112 valence electrons. The Labute approximate surface area is 135 Å². The number of nitrogens with one attached hydrogen (secondary N) is 1. The van der Waals surface area contributed by atoms with Crippen molar-refractivity contribution in [1.82, 2.24) is 24.1 Å². The summed E-state index contributed by atoms with van der Waals surface area (Å²) in [6.07, 6.45) is 0. The molecule has 6 nitrogen and oxygen atoms in total. The van der Waals surface area contributed by atoms with Gasteiger partial charge in [0.25, 0.3) is 0 Å². The Kier molecular flexibility index (Phi) is 2.92. The Morgan fingerprint density at radius 1 is 1.18 bits per heavy atom. The summed E-state index contributed by atoms with van der Waals surface area (Å²) >= 11 is 3.01. The van der Waals surface area contributed by atoms with Gasteiger partial charge in [-0.1, -0.05) is 11.3 Å². The van der Waals surface area contributed by atoms with Crippen molar-refractivity contribution in [2.75, 3.05) is 5.32 Å². The Morgan fingerprint density at radius 2 is 2.00 bits per heavy atom. The van der Waals surface area contributed by atoms with E-state index >= 15 is 0 Å². The summed E-state index contributed by atoms with van der Waals surface area (Å²) in [5, 5.41) is 9.62. The molecule has 0 fully saturated rings. The second kappa shape index (κ2) is 4.72. The fraction of sp³-hybridized carbons (Fsp3) is 0.286. The van der Waals surface area contributed by atoms with Gasteiger partial charge in [0.05, 0.1) is 15.8 Å². The van der Waals surface area contributed by atoms with Crippen LogP contribution in [-0.2, 0) is 7.05 Å². The summed E-state index contributed by atoms with van der Waals surface area (Å²) in [6.45, 7) is 6.09. The van der Waals surface area contributed by atoms with Gasteiger partial charge in [0.2, 0.25) is 0 Å². The summed E-state index contributed by atoms with van der Waals surface area (Å²) < 4.78 is 7.42. The molecule has 4 aromatic rings. The van der Waals surface area contributed by atoms with E-state index in [1.165, 1.54) is 17.1 Å². The highest BCUT2D eigenvalue weighted by molar-refractivity contribution is 7.22. The van der Waals surface area contributed by atoms with Crippen molar-refractivity contribution in [2.45, 2.75) is 20.8 Å². The monoisotopic (exact) mass is 330 g/mol. The van der Waals surface area contributed by atoms with Gasteiger partial charge in [-0.15, -0.1) is 0 Å². The van der Waals surface area contributed by atoms with Gasteiger partial charge in [-0.05, 0) is 43.9 Å². The van der Waals surface area contributed by atoms with Gasteiger partial charge in [-0.25, -0.2) is 14.6 Å². The van der Waals surface area contributed by atoms with Crippen LogP contribution in [0.1, 0.15) is 17.0 Å². The molecule has 0 aliphatic heterocycles. The number of fused-ring (bicyclic) bond motifs is 2. The molecule has 0 saturated carbocycles. The van der Waals surface area contributed by atoms with Crippen molar-refractivity contribution < 1.29 is 0 Å². The van der Waals surface area contributed by atoms with Crippen LogP contribution in [0.4, 0.5) is 10.9 Å². The third-order valence-electron chi connectivity index (χ3n) is 3.54. The number of hydrogen-bond donors (Lipinski definition) is 1. The molecule has 0 aromatic carbocycles. The van der Waals surface area contributed by atoms with Gasteiger partial charge < -0.3 is 5.32 Å². The van der Waals surface area contributed by atoms with Crippen LogP contribution in [0.5, 0.6) is 0 Å². The smallest absolute Gasteiger partial charge is 0.191 e. The maximum absolute atomic E-state index is 4.61. The van der Waals surface area contributed by atoms with Gasteiger partial charge in [-0.3, -0.25) is 0 Å². The first kappa shape index (κ1) is 13.6. The Morgan fingerprint density at radius 3 is 2.77 bits per heavy atom. The molecule has 0 aliphatic carbocycles. The quantitative estimate of drug-likeness (QED) is 0.607. The maximum Gasteiger partial charge on any atom is 0.191 e. The van der Waals surface area contributed by atoms with Crippen LogP contribution in [0.3, 0.4) is 0 Å². The Hall–Kier alpha value is -2.06. The van der Waals surface area contributed by atoms with E-state index in [-0.39, 0.29) is 0 Å². The van der Waals surface area contributed by atoms with E-state index in [2.05, 4.69) is 37.7 Å². The lowest BCUT2D eigenvalue weighted by Gasteiger charge is -2.02. The molecule has 4 aromatic heterocycles. The number of pyridine rings is 1. The van der Waals surface area contributed by atoms with Gasteiger partial charge >= 0.3 is 0 Å². The molecule has 0 bridgehead atoms. The standard InChI is InChI=1S/C14H14N6S2/c1-6-5-7(2)15-13-9(6)11(19-22-13)16-14-17-12-10(21-14)8(3)18-20(12)4/h5H,1-4H3,(H,16,17,19). The topological polar surface area (TPSA) is 68.5 Å². The third-order valence-corrected chi connectivity index (χ3v) is 5.35. The number of rotatable bonds is 2. The SMILES string of the molecule is Cc1cc(C)c2c(Nc3nc4c(s3)c(C)nn4C)nsc2n1. The molecule has 1 N–H and O–H groups in total. The molecular formula is C14H14N6S2. The first-order valence-electron chi connectivity index (χ1n) is 6.83. The van der Waals surface area contributed by atoms with Crippen molar-refractivity contribution >= 4 is 54.4 Å². The third kappa shape index (κ3) is 1.98. The van der Waals surface area contributed by atoms with Crippen molar-refractivity contribution in [2.24, 2.45) is 7.05 Å². The van der Waals surface area contributed by atoms with E-state index < -0.39 is 0 Å². The van der Waals surface area contributed by atoms with Crippen LogP contribution in [0.2, 0.25) is 0 Å². The molecule has 0 spiro atoms. The molecular weight excluding hydrogens is 316 g/mol. The molecule has 0 unspecified atom stereocenters. The fourth-order valence-corrected chi connectivity index (χ4v) is 4.40. The van der Waals surface area contributed by atoms with Crippen LogP contribution in [0.25, 0.3) is 20.6 Å². The van der Waals surface area contributed by atoms with Gasteiger partial charge in [0.1, 0.15) is 4.83 Å². The molecule has 0 saturated heterocycles. The zero-order valence-corrected chi connectivity index (χ0v) is 14.3. The van der Waals surface area contributed by atoms with E-state index in [9.17, 15) is 0 Å². The molecule has 4 heterocycles. The van der Waals surface area contributed by atoms with Crippen LogP contribution >= 0.6 is 22.9 Å². The largest absolute Gasteiger partial charge is 0.315 e. The van der Waals surface area contributed by atoms with E-state index in [0.29, 0.717) is 0 Å². The number of aryl methyl sites for hydroxylation is 4. The van der Waals surface area contributed by atoms with Crippen molar-refractivity contribution in [1.29, 1.82) is 0 Å². The summed E-state index contributed by atoms with van der Waals surface area (Å²) in [7, 11) is 1.91. The van der Waals surface area contributed by atoms with Gasteiger partial charge in [-0.2, -0.15) is 9.47 Å². The van der Waals surface area contributed by atoms with E-state index in [1.54, 1.807) is 11.3 Å². The first-order valence-corrected chi connectivity index (χ1v) is 8.42. The molecule has 22 heavy (non-hydrogen) atoms. The minimum atomic E-state index is 0.828. The highest BCUT2D eigenvalue weighted by Gasteiger charge is 2.15. The zero-order chi connectivity index (χ0) is 15.4. The Bertz CT molecular complexity index is 975. The number of nitrogens with zero attached hydrogens (tertiary/aromatic N) is 5. The molecule has 0 radical (unpaired) electrons. The summed E-state index contributed by atoms with van der Waals surface area (Å²) in [4.78, 5) is 10.1. The average molecular weight is 330 g/mol. The van der Waals surface area contributed by atoms with E-state index in [0.717, 1.165) is 42.9 Å². The lowest BCUT2D eigenvalue weighted by atomic mass is 10.2. The predicted molar refractivity (Wildman–Crippen MR) is 91.3 cm³/mol. The number of anilines is 2. The molecule has 4 rings (SSSR count). The average Bonchev–Trinajstić information content (AvgIpc) is 3.09. The molecule has 0 atom stereocenters. The second-order valence-electron chi connectivity index (χ2n) is 5.30. The van der Waals surface area contributed by atoms with Gasteiger partial charge in [0.15, 0.2) is 16.6 Å². The zero-order valence-electron chi connectivity index (χ0n) is 12.6. The fourth-order valence-electron chi connectivity index (χ4n) is 2.62.